The SMILES string of the molecule is O=C(NCc1nn(-c2ccccc2)c2c1CCC2)N1C[C@@H]2CCC[C@@]2(C(=O)O)C1. The predicted octanol–water partition coefficient (Wildman–Crippen LogP) is 2.76. The average Bonchev–Trinajstić information content (AvgIpc) is 3.46. The lowest BCUT2D eigenvalue weighted by molar-refractivity contribution is -0.149. The van der Waals surface area contributed by atoms with Gasteiger partial charge in [-0.1, -0.05) is 24.6 Å². The lowest BCUT2D eigenvalue weighted by atomic mass is 9.81. The first-order valence-corrected chi connectivity index (χ1v) is 10.5. The van der Waals surface area contributed by atoms with E-state index in [0.29, 0.717) is 26.1 Å². The zero-order chi connectivity index (χ0) is 20.0. The summed E-state index contributed by atoms with van der Waals surface area (Å²) in [5, 5.41) is 17.5. The van der Waals surface area contributed by atoms with Gasteiger partial charge in [0, 0.05) is 18.8 Å². The minimum absolute atomic E-state index is 0.0762. The molecule has 29 heavy (non-hydrogen) atoms. The second kappa shape index (κ2) is 6.90. The summed E-state index contributed by atoms with van der Waals surface area (Å²) < 4.78 is 2.00. The molecule has 2 heterocycles. The maximum absolute atomic E-state index is 12.8. The molecule has 0 radical (unpaired) electrons. The highest BCUT2D eigenvalue weighted by Gasteiger charge is 2.55. The Balaban J connectivity index is 1.30. The van der Waals surface area contributed by atoms with E-state index in [1.165, 1.54) is 11.3 Å². The van der Waals surface area contributed by atoms with Crippen molar-refractivity contribution in [1.82, 2.24) is 20.0 Å². The fourth-order valence-corrected chi connectivity index (χ4v) is 5.50. The van der Waals surface area contributed by atoms with Crippen molar-refractivity contribution in [2.24, 2.45) is 11.3 Å². The van der Waals surface area contributed by atoms with Crippen molar-refractivity contribution in [2.45, 2.75) is 45.1 Å². The van der Waals surface area contributed by atoms with Crippen molar-refractivity contribution in [1.29, 1.82) is 0 Å². The standard InChI is InChI=1S/C22H26N4O3/c27-20(28)22-11-5-6-15(22)13-25(14-22)21(29)23-12-18-17-9-4-10-19(17)26(24-18)16-7-2-1-3-8-16/h1-3,7-8,15H,4-6,9-14H2,(H,23,29)(H,27,28)/t15-,22+/m0/s1. The highest BCUT2D eigenvalue weighted by Crippen LogP contribution is 2.48. The number of carbonyl (C=O) groups is 2. The number of nitrogens with zero attached hydrogens (tertiary/aromatic N) is 3. The Hall–Kier alpha value is -2.83. The first-order valence-electron chi connectivity index (χ1n) is 10.5. The van der Waals surface area contributed by atoms with E-state index in [9.17, 15) is 14.7 Å². The number of hydrogen-bond acceptors (Lipinski definition) is 3. The molecule has 2 atom stereocenters. The van der Waals surface area contributed by atoms with Crippen LogP contribution in [0.2, 0.25) is 0 Å². The second-order valence-electron chi connectivity index (χ2n) is 8.56. The van der Waals surface area contributed by atoms with Gasteiger partial charge in [0.2, 0.25) is 0 Å². The van der Waals surface area contributed by atoms with Crippen molar-refractivity contribution >= 4 is 12.0 Å². The number of rotatable bonds is 4. The zero-order valence-electron chi connectivity index (χ0n) is 16.4. The number of urea groups is 1. The van der Waals surface area contributed by atoms with Crippen molar-refractivity contribution < 1.29 is 14.7 Å². The molecule has 3 aliphatic rings. The molecule has 1 aromatic heterocycles. The van der Waals surface area contributed by atoms with Crippen LogP contribution in [0.3, 0.4) is 0 Å². The van der Waals surface area contributed by atoms with E-state index in [2.05, 4.69) is 5.32 Å². The first kappa shape index (κ1) is 18.2. The van der Waals surface area contributed by atoms with E-state index in [-0.39, 0.29) is 11.9 Å². The molecule has 0 unspecified atom stereocenters. The molecule has 2 aromatic rings. The zero-order valence-corrected chi connectivity index (χ0v) is 16.4. The number of nitrogens with one attached hydrogen (secondary N) is 1. The molecule has 1 aromatic carbocycles. The number of aromatic nitrogens is 2. The summed E-state index contributed by atoms with van der Waals surface area (Å²) in [7, 11) is 0. The maximum atomic E-state index is 12.8. The van der Waals surface area contributed by atoms with Crippen molar-refractivity contribution in [3.8, 4) is 5.69 Å². The molecule has 2 N–H and O–H groups in total. The summed E-state index contributed by atoms with van der Waals surface area (Å²) in [5.74, 6) is -0.679. The van der Waals surface area contributed by atoms with E-state index in [4.69, 9.17) is 5.10 Å². The number of amides is 2. The van der Waals surface area contributed by atoms with E-state index in [0.717, 1.165) is 43.5 Å². The topological polar surface area (TPSA) is 87.5 Å². The number of likely N-dealkylation sites (tertiary alicyclic amines) is 1. The van der Waals surface area contributed by atoms with Crippen LogP contribution in [-0.2, 0) is 24.2 Å². The Morgan fingerprint density at radius 2 is 2.03 bits per heavy atom. The van der Waals surface area contributed by atoms with Crippen LogP contribution in [-0.4, -0.2) is 44.9 Å². The number of benzene rings is 1. The molecule has 1 aliphatic heterocycles. The van der Waals surface area contributed by atoms with Crippen LogP contribution in [0.1, 0.15) is 42.6 Å². The summed E-state index contributed by atoms with van der Waals surface area (Å²) in [6.45, 7) is 1.23. The van der Waals surface area contributed by atoms with Gasteiger partial charge in [-0.3, -0.25) is 4.79 Å². The van der Waals surface area contributed by atoms with E-state index in [1.807, 2.05) is 35.0 Å². The fraction of sp³-hybridized carbons (Fsp3) is 0.500. The minimum atomic E-state index is -0.755. The van der Waals surface area contributed by atoms with Crippen molar-refractivity contribution in [3.05, 3.63) is 47.3 Å². The number of fused-ring (bicyclic) bond motifs is 2. The molecule has 0 spiro atoms. The monoisotopic (exact) mass is 394 g/mol. The number of carboxylic acid groups (broad SMARTS) is 1. The van der Waals surface area contributed by atoms with Crippen LogP contribution < -0.4 is 5.32 Å². The molecule has 5 rings (SSSR count). The van der Waals surface area contributed by atoms with Gasteiger partial charge in [0.1, 0.15) is 0 Å². The summed E-state index contributed by atoms with van der Waals surface area (Å²) in [4.78, 5) is 26.3. The molecule has 152 valence electrons. The molecule has 2 fully saturated rings. The summed E-state index contributed by atoms with van der Waals surface area (Å²) in [6, 6.07) is 9.90. The highest BCUT2D eigenvalue weighted by atomic mass is 16.4. The van der Waals surface area contributed by atoms with E-state index in [1.54, 1.807) is 4.90 Å². The van der Waals surface area contributed by atoms with Gasteiger partial charge in [-0.15, -0.1) is 0 Å². The van der Waals surface area contributed by atoms with Gasteiger partial charge in [0.25, 0.3) is 0 Å². The van der Waals surface area contributed by atoms with Crippen LogP contribution in [0.4, 0.5) is 4.79 Å². The number of hydrogen-bond donors (Lipinski definition) is 2. The smallest absolute Gasteiger partial charge is 0.317 e. The number of aliphatic carboxylic acids is 1. The molecule has 1 saturated heterocycles. The van der Waals surface area contributed by atoms with E-state index < -0.39 is 11.4 Å². The first-order chi connectivity index (χ1) is 14.1. The van der Waals surface area contributed by atoms with Gasteiger partial charge < -0.3 is 15.3 Å². The number of para-hydroxylation sites is 1. The molecular weight excluding hydrogens is 368 g/mol. The summed E-state index contributed by atoms with van der Waals surface area (Å²) in [6.07, 6.45) is 5.60. The van der Waals surface area contributed by atoms with Crippen LogP contribution in [0.5, 0.6) is 0 Å². The van der Waals surface area contributed by atoms with Gasteiger partial charge in [0.05, 0.1) is 23.3 Å². The van der Waals surface area contributed by atoms with Gasteiger partial charge >= 0.3 is 12.0 Å². The Labute approximate surface area is 169 Å². The van der Waals surface area contributed by atoms with Crippen molar-refractivity contribution in [3.63, 3.8) is 0 Å². The Morgan fingerprint density at radius 3 is 2.79 bits per heavy atom. The third-order valence-electron chi connectivity index (χ3n) is 7.01. The summed E-state index contributed by atoms with van der Waals surface area (Å²) in [5.41, 5.74) is 3.70. The lowest BCUT2D eigenvalue weighted by Crippen LogP contribution is -2.41. The highest BCUT2D eigenvalue weighted by molar-refractivity contribution is 5.80. The molecule has 0 bridgehead atoms. The molecule has 1 saturated carbocycles. The lowest BCUT2D eigenvalue weighted by Gasteiger charge is -2.23. The van der Waals surface area contributed by atoms with Crippen LogP contribution in [0.15, 0.2) is 30.3 Å². The molecule has 2 aliphatic carbocycles. The van der Waals surface area contributed by atoms with E-state index >= 15 is 0 Å². The minimum Gasteiger partial charge on any atom is -0.481 e. The van der Waals surface area contributed by atoms with Gasteiger partial charge in [-0.25, -0.2) is 9.48 Å². The molecular formula is C22H26N4O3. The average molecular weight is 394 g/mol. The third-order valence-corrected chi connectivity index (χ3v) is 7.01. The quantitative estimate of drug-likeness (QED) is 0.835. The normalized spacial score (nSPS) is 25.1. The third kappa shape index (κ3) is 2.91. The van der Waals surface area contributed by atoms with Gasteiger partial charge in [-0.05, 0) is 55.7 Å². The number of carboxylic acids is 1. The van der Waals surface area contributed by atoms with Gasteiger partial charge in [-0.2, -0.15) is 5.10 Å². The Kier molecular flexibility index (Phi) is 4.33. The summed E-state index contributed by atoms with van der Waals surface area (Å²) >= 11 is 0. The van der Waals surface area contributed by atoms with Crippen molar-refractivity contribution in [2.75, 3.05) is 13.1 Å². The fourth-order valence-electron chi connectivity index (χ4n) is 5.50. The predicted molar refractivity (Wildman–Crippen MR) is 107 cm³/mol. The van der Waals surface area contributed by atoms with Gasteiger partial charge in [0.15, 0.2) is 0 Å². The Morgan fingerprint density at radius 1 is 1.21 bits per heavy atom. The van der Waals surface area contributed by atoms with Crippen LogP contribution >= 0.6 is 0 Å². The molecule has 7 heteroatoms. The van der Waals surface area contributed by atoms with Crippen LogP contribution in [0, 0.1) is 11.3 Å². The Bertz CT molecular complexity index is 954. The second-order valence-corrected chi connectivity index (χ2v) is 8.56. The maximum Gasteiger partial charge on any atom is 0.317 e. The molecule has 7 nitrogen and oxygen atoms in total. The van der Waals surface area contributed by atoms with Crippen LogP contribution in [0.25, 0.3) is 5.69 Å². The molecule has 2 amide bonds. The number of carbonyl (C=O) groups excluding carboxylic acids is 1. The largest absolute Gasteiger partial charge is 0.481 e.